The lowest BCUT2D eigenvalue weighted by Crippen LogP contribution is -1.76. The summed E-state index contributed by atoms with van der Waals surface area (Å²) in [4.78, 5) is 1.45. The van der Waals surface area contributed by atoms with Crippen LogP contribution in [0.1, 0.15) is 17.4 Å². The molecule has 15 heavy (non-hydrogen) atoms. The van der Waals surface area contributed by atoms with Gasteiger partial charge in [0.15, 0.2) is 0 Å². The molecule has 76 valence electrons. The predicted octanol–water partition coefficient (Wildman–Crippen LogP) is 4.66. The van der Waals surface area contributed by atoms with Crippen LogP contribution in [-0.2, 0) is 6.42 Å². The third kappa shape index (κ3) is 1.88. The van der Waals surface area contributed by atoms with Gasteiger partial charge in [-0.15, -0.1) is 11.3 Å². The average molecular weight is 214 g/mol. The maximum absolute atomic E-state index is 3.71. The van der Waals surface area contributed by atoms with Gasteiger partial charge in [0.25, 0.3) is 0 Å². The van der Waals surface area contributed by atoms with Crippen molar-refractivity contribution in [1.29, 1.82) is 0 Å². The van der Waals surface area contributed by atoms with Crippen molar-refractivity contribution in [3.63, 3.8) is 0 Å². The number of fused-ring (bicyclic) bond motifs is 1. The molecule has 0 aliphatic carbocycles. The van der Waals surface area contributed by atoms with E-state index in [0.29, 0.717) is 0 Å². The summed E-state index contributed by atoms with van der Waals surface area (Å²) in [6.45, 7) is 5.92. The van der Waals surface area contributed by atoms with Gasteiger partial charge >= 0.3 is 0 Å². The molecule has 0 atom stereocenters. The highest BCUT2D eigenvalue weighted by atomic mass is 32.1. The standard InChI is InChI=1S/C14H14S/c1-3-5-8-11-12-9-6-7-10-14(12)15-13(11)4-2/h3,5-10H,1,4H2,2H3/b8-5-. The van der Waals surface area contributed by atoms with Gasteiger partial charge in [0, 0.05) is 9.58 Å². The minimum atomic E-state index is 1.09. The molecule has 0 aliphatic rings. The van der Waals surface area contributed by atoms with Crippen molar-refractivity contribution in [2.24, 2.45) is 0 Å². The molecular formula is C14H14S. The smallest absolute Gasteiger partial charge is 0.0351 e. The van der Waals surface area contributed by atoms with E-state index in [1.54, 1.807) is 0 Å². The van der Waals surface area contributed by atoms with Crippen LogP contribution >= 0.6 is 11.3 Å². The molecule has 0 N–H and O–H groups in total. The molecule has 0 unspecified atom stereocenters. The van der Waals surface area contributed by atoms with E-state index in [1.165, 1.54) is 20.5 Å². The largest absolute Gasteiger partial charge is 0.140 e. The molecule has 1 heterocycles. The third-order valence-corrected chi connectivity index (χ3v) is 3.76. The van der Waals surface area contributed by atoms with E-state index in [-0.39, 0.29) is 0 Å². The van der Waals surface area contributed by atoms with Gasteiger partial charge in [-0.3, -0.25) is 0 Å². The van der Waals surface area contributed by atoms with Gasteiger partial charge < -0.3 is 0 Å². The van der Waals surface area contributed by atoms with E-state index in [4.69, 9.17) is 0 Å². The lowest BCUT2D eigenvalue weighted by molar-refractivity contribution is 1.18. The minimum Gasteiger partial charge on any atom is -0.140 e. The van der Waals surface area contributed by atoms with Crippen molar-refractivity contribution in [2.75, 3.05) is 0 Å². The topological polar surface area (TPSA) is 0 Å². The molecule has 0 saturated carbocycles. The summed E-state index contributed by atoms with van der Waals surface area (Å²) < 4.78 is 1.37. The van der Waals surface area contributed by atoms with Crippen LogP contribution in [0.15, 0.2) is 43.0 Å². The summed E-state index contributed by atoms with van der Waals surface area (Å²) in [5.41, 5.74) is 1.36. The zero-order valence-electron chi connectivity index (χ0n) is 8.86. The number of thiophene rings is 1. The van der Waals surface area contributed by atoms with E-state index in [2.05, 4.69) is 43.8 Å². The van der Waals surface area contributed by atoms with Crippen LogP contribution in [0, 0.1) is 0 Å². The van der Waals surface area contributed by atoms with E-state index in [1.807, 2.05) is 23.5 Å². The van der Waals surface area contributed by atoms with Crippen molar-refractivity contribution in [2.45, 2.75) is 13.3 Å². The first-order valence-corrected chi connectivity index (χ1v) is 5.98. The van der Waals surface area contributed by atoms with Crippen molar-refractivity contribution in [3.05, 3.63) is 53.4 Å². The first-order chi connectivity index (χ1) is 7.36. The van der Waals surface area contributed by atoms with Crippen LogP contribution in [-0.4, -0.2) is 0 Å². The number of hydrogen-bond acceptors (Lipinski definition) is 1. The highest BCUT2D eigenvalue weighted by molar-refractivity contribution is 7.19. The van der Waals surface area contributed by atoms with Crippen LogP contribution < -0.4 is 0 Å². The van der Waals surface area contributed by atoms with Crippen molar-refractivity contribution in [1.82, 2.24) is 0 Å². The van der Waals surface area contributed by atoms with E-state index in [9.17, 15) is 0 Å². The Morgan fingerprint density at radius 3 is 2.87 bits per heavy atom. The lowest BCUT2D eigenvalue weighted by Gasteiger charge is -1.94. The Bertz CT molecular complexity index is 503. The Labute approximate surface area is 94.6 Å². The van der Waals surface area contributed by atoms with Crippen molar-refractivity contribution >= 4 is 27.5 Å². The van der Waals surface area contributed by atoms with E-state index >= 15 is 0 Å². The molecule has 0 spiro atoms. The molecule has 0 fully saturated rings. The van der Waals surface area contributed by atoms with E-state index in [0.717, 1.165) is 6.42 Å². The Kier molecular flexibility index (Phi) is 3.02. The van der Waals surface area contributed by atoms with Crippen LogP contribution in [0.3, 0.4) is 0 Å². The maximum Gasteiger partial charge on any atom is 0.0351 e. The molecule has 0 bridgehead atoms. The summed E-state index contributed by atoms with van der Waals surface area (Å²) >= 11 is 1.89. The Hall–Kier alpha value is -1.34. The zero-order chi connectivity index (χ0) is 10.7. The van der Waals surface area contributed by atoms with Gasteiger partial charge in [-0.2, -0.15) is 0 Å². The molecule has 0 radical (unpaired) electrons. The normalized spacial score (nSPS) is 11.3. The molecular weight excluding hydrogens is 200 g/mol. The first kappa shape index (κ1) is 10.2. The van der Waals surface area contributed by atoms with Crippen LogP contribution in [0.5, 0.6) is 0 Å². The highest BCUT2D eigenvalue weighted by Gasteiger charge is 2.06. The minimum absolute atomic E-state index is 1.09. The summed E-state index contributed by atoms with van der Waals surface area (Å²) in [7, 11) is 0. The molecule has 0 aliphatic heterocycles. The Morgan fingerprint density at radius 1 is 1.33 bits per heavy atom. The predicted molar refractivity (Wildman–Crippen MR) is 70.4 cm³/mol. The van der Waals surface area contributed by atoms with Gasteiger partial charge in [-0.05, 0) is 23.4 Å². The molecule has 0 amide bonds. The molecule has 2 aromatic rings. The number of aryl methyl sites for hydroxylation is 1. The van der Waals surface area contributed by atoms with Gasteiger partial charge in [0.2, 0.25) is 0 Å². The molecule has 1 heteroatoms. The van der Waals surface area contributed by atoms with Gasteiger partial charge in [-0.1, -0.05) is 49.9 Å². The summed E-state index contributed by atoms with van der Waals surface area (Å²) in [5, 5.41) is 1.36. The fourth-order valence-corrected chi connectivity index (χ4v) is 2.86. The summed E-state index contributed by atoms with van der Waals surface area (Å²) in [6, 6.07) is 8.57. The van der Waals surface area contributed by atoms with Crippen LogP contribution in [0.25, 0.3) is 16.2 Å². The van der Waals surface area contributed by atoms with Crippen LogP contribution in [0.4, 0.5) is 0 Å². The lowest BCUT2D eigenvalue weighted by atomic mass is 10.1. The molecule has 0 nitrogen and oxygen atoms in total. The SMILES string of the molecule is C=C/C=C\c1c(CC)sc2ccccc12. The summed E-state index contributed by atoms with van der Waals surface area (Å²) in [6.07, 6.45) is 7.08. The second kappa shape index (κ2) is 4.45. The van der Waals surface area contributed by atoms with Gasteiger partial charge in [0.05, 0.1) is 0 Å². The summed E-state index contributed by atoms with van der Waals surface area (Å²) in [5.74, 6) is 0. The highest BCUT2D eigenvalue weighted by Crippen LogP contribution is 2.32. The fourth-order valence-electron chi connectivity index (χ4n) is 1.73. The monoisotopic (exact) mass is 214 g/mol. The number of hydrogen-bond donors (Lipinski definition) is 0. The molecule has 2 rings (SSSR count). The van der Waals surface area contributed by atoms with Gasteiger partial charge in [-0.25, -0.2) is 0 Å². The number of allylic oxidation sites excluding steroid dienone is 2. The number of rotatable bonds is 3. The van der Waals surface area contributed by atoms with Gasteiger partial charge in [0.1, 0.15) is 0 Å². The quantitative estimate of drug-likeness (QED) is 0.652. The number of benzene rings is 1. The Balaban J connectivity index is 2.66. The molecule has 1 aromatic heterocycles. The molecule has 1 aromatic carbocycles. The van der Waals surface area contributed by atoms with Crippen LogP contribution in [0.2, 0.25) is 0 Å². The second-order valence-corrected chi connectivity index (χ2v) is 4.52. The Morgan fingerprint density at radius 2 is 2.13 bits per heavy atom. The van der Waals surface area contributed by atoms with Crippen molar-refractivity contribution in [3.8, 4) is 0 Å². The maximum atomic E-state index is 3.71. The fraction of sp³-hybridized carbons (Fsp3) is 0.143. The molecule has 0 saturated heterocycles. The van der Waals surface area contributed by atoms with E-state index < -0.39 is 0 Å². The zero-order valence-corrected chi connectivity index (χ0v) is 9.68. The van der Waals surface area contributed by atoms with Crippen molar-refractivity contribution < 1.29 is 0 Å². The second-order valence-electron chi connectivity index (χ2n) is 3.38. The third-order valence-electron chi connectivity index (χ3n) is 2.43. The average Bonchev–Trinajstić information content (AvgIpc) is 2.64. The first-order valence-electron chi connectivity index (χ1n) is 5.16.